The molecular weight excluding hydrogens is 526 g/mol. The average molecular weight is 557 g/mol. The number of benzene rings is 5. The van der Waals surface area contributed by atoms with Gasteiger partial charge in [-0.25, -0.2) is 13.8 Å². The molecule has 42 heavy (non-hydrogen) atoms. The lowest BCUT2D eigenvalue weighted by Gasteiger charge is -2.40. The summed E-state index contributed by atoms with van der Waals surface area (Å²) in [4.78, 5) is 9.62. The molecule has 1 aliphatic heterocycles. The Morgan fingerprint density at radius 1 is 0.571 bits per heavy atom. The largest absolute Gasteiger partial charge is 0.369 e. The number of aromatic nitrogens is 1. The van der Waals surface area contributed by atoms with Crippen LogP contribution in [0.25, 0.3) is 21.8 Å². The van der Waals surface area contributed by atoms with Crippen LogP contribution in [-0.2, 0) is 0 Å². The van der Waals surface area contributed by atoms with Crippen LogP contribution in [0.15, 0.2) is 121 Å². The molecule has 6 aromatic rings. The van der Waals surface area contributed by atoms with Gasteiger partial charge < -0.3 is 10.2 Å². The summed E-state index contributed by atoms with van der Waals surface area (Å²) < 4.78 is 27.4. The Morgan fingerprint density at radius 2 is 1.07 bits per heavy atom. The second-order valence-corrected chi connectivity index (χ2v) is 10.7. The lowest BCUT2D eigenvalue weighted by molar-refractivity contribution is 0.212. The molecule has 0 amide bonds. The predicted octanol–water partition coefficient (Wildman–Crippen LogP) is 8.32. The van der Waals surface area contributed by atoms with Gasteiger partial charge in [-0.3, -0.25) is 4.90 Å². The van der Waals surface area contributed by atoms with Crippen LogP contribution in [0.3, 0.4) is 0 Å². The van der Waals surface area contributed by atoms with E-state index in [1.807, 2.05) is 60.7 Å². The van der Waals surface area contributed by atoms with Crippen molar-refractivity contribution in [3.63, 3.8) is 0 Å². The Bertz CT molecular complexity index is 1730. The van der Waals surface area contributed by atoms with Crippen molar-refractivity contribution >= 4 is 38.9 Å². The number of piperazine rings is 1. The summed E-state index contributed by atoms with van der Waals surface area (Å²) in [7, 11) is 0. The number of hydrogen-bond acceptors (Lipinski definition) is 4. The van der Waals surface area contributed by atoms with Crippen molar-refractivity contribution in [1.29, 1.82) is 0 Å². The number of rotatable bonds is 6. The maximum Gasteiger partial charge on any atom is 0.123 e. The van der Waals surface area contributed by atoms with Gasteiger partial charge in [0.15, 0.2) is 0 Å². The van der Waals surface area contributed by atoms with Crippen LogP contribution < -0.4 is 10.2 Å². The van der Waals surface area contributed by atoms with E-state index in [1.165, 1.54) is 30.0 Å². The standard InChI is InChI=1S/C36H30F2N4/c37-27-13-9-25(10-14-27)36(26-11-15-28(38)16-12-26)42-23-21-41(22-24-42)30-19-17-29(18-20-30)39-35-31-5-1-3-7-33(31)40-34-8-4-2-6-32(34)35/h1-20,36H,21-24H2,(H,39,40). The van der Waals surface area contributed by atoms with Crippen molar-refractivity contribution < 1.29 is 8.78 Å². The van der Waals surface area contributed by atoms with E-state index in [0.29, 0.717) is 0 Å². The van der Waals surface area contributed by atoms with Crippen LogP contribution in [0.5, 0.6) is 0 Å². The minimum Gasteiger partial charge on any atom is -0.369 e. The number of nitrogens with one attached hydrogen (secondary N) is 1. The summed E-state index contributed by atoms with van der Waals surface area (Å²) in [6, 6.07) is 38.3. The van der Waals surface area contributed by atoms with Crippen molar-refractivity contribution in [3.8, 4) is 0 Å². The molecule has 0 radical (unpaired) electrons. The molecule has 0 unspecified atom stereocenters. The number of hydrogen-bond donors (Lipinski definition) is 1. The molecule has 0 spiro atoms. The molecule has 0 atom stereocenters. The third-order valence-corrected chi connectivity index (χ3v) is 8.14. The molecule has 7 rings (SSSR count). The summed E-state index contributed by atoms with van der Waals surface area (Å²) in [6.07, 6.45) is 0. The fraction of sp³-hybridized carbons (Fsp3) is 0.139. The maximum absolute atomic E-state index is 13.7. The summed E-state index contributed by atoms with van der Waals surface area (Å²) >= 11 is 0. The monoisotopic (exact) mass is 556 g/mol. The minimum absolute atomic E-state index is 0.0649. The Kier molecular flexibility index (Phi) is 6.98. The van der Waals surface area contributed by atoms with Gasteiger partial charge in [-0.1, -0.05) is 60.7 Å². The van der Waals surface area contributed by atoms with E-state index in [2.05, 4.69) is 51.5 Å². The van der Waals surface area contributed by atoms with Crippen molar-refractivity contribution in [2.24, 2.45) is 0 Å². The fourth-order valence-corrected chi connectivity index (χ4v) is 6.02. The zero-order valence-electron chi connectivity index (χ0n) is 23.1. The number of para-hydroxylation sites is 2. The summed E-state index contributed by atoms with van der Waals surface area (Å²) in [5, 5.41) is 5.85. The number of halogens is 2. The van der Waals surface area contributed by atoms with Gasteiger partial charge in [0.1, 0.15) is 11.6 Å². The third kappa shape index (κ3) is 5.17. The van der Waals surface area contributed by atoms with E-state index in [9.17, 15) is 8.78 Å². The molecule has 208 valence electrons. The van der Waals surface area contributed by atoms with Gasteiger partial charge in [-0.2, -0.15) is 0 Å². The van der Waals surface area contributed by atoms with E-state index in [1.54, 1.807) is 0 Å². The van der Waals surface area contributed by atoms with Crippen molar-refractivity contribution in [3.05, 3.63) is 144 Å². The fourth-order valence-electron chi connectivity index (χ4n) is 6.02. The SMILES string of the molecule is Fc1ccc(C(c2ccc(F)cc2)N2CCN(c3ccc(Nc4c5ccccc5nc5ccccc45)cc3)CC2)cc1. The molecule has 1 aromatic heterocycles. The molecule has 2 heterocycles. The highest BCUT2D eigenvalue weighted by Crippen LogP contribution is 2.34. The van der Waals surface area contributed by atoms with Crippen LogP contribution in [0.1, 0.15) is 17.2 Å². The molecule has 1 fully saturated rings. The zero-order chi connectivity index (χ0) is 28.5. The van der Waals surface area contributed by atoms with Gasteiger partial charge >= 0.3 is 0 Å². The zero-order valence-corrected chi connectivity index (χ0v) is 23.1. The molecule has 0 aliphatic carbocycles. The Morgan fingerprint density at radius 3 is 1.60 bits per heavy atom. The summed E-state index contributed by atoms with van der Waals surface area (Å²) in [6.45, 7) is 3.36. The highest BCUT2D eigenvalue weighted by Gasteiger charge is 2.27. The Labute approximate surface area is 243 Å². The molecule has 1 saturated heterocycles. The van der Waals surface area contributed by atoms with E-state index in [0.717, 1.165) is 70.5 Å². The molecule has 5 aromatic carbocycles. The first-order valence-electron chi connectivity index (χ1n) is 14.3. The lowest BCUT2D eigenvalue weighted by atomic mass is 9.96. The van der Waals surface area contributed by atoms with Crippen LogP contribution in [0, 0.1) is 11.6 Å². The van der Waals surface area contributed by atoms with Crippen molar-refractivity contribution in [1.82, 2.24) is 9.88 Å². The molecule has 1 N–H and O–H groups in total. The first-order valence-corrected chi connectivity index (χ1v) is 14.3. The third-order valence-electron chi connectivity index (χ3n) is 8.14. The molecule has 0 bridgehead atoms. The van der Waals surface area contributed by atoms with Gasteiger partial charge in [0.25, 0.3) is 0 Å². The average Bonchev–Trinajstić information content (AvgIpc) is 3.04. The smallest absolute Gasteiger partial charge is 0.123 e. The molecular formula is C36H30F2N4. The van der Waals surface area contributed by atoms with Crippen LogP contribution >= 0.6 is 0 Å². The quantitative estimate of drug-likeness (QED) is 0.209. The number of anilines is 3. The van der Waals surface area contributed by atoms with E-state index >= 15 is 0 Å². The Hall–Kier alpha value is -4.81. The summed E-state index contributed by atoms with van der Waals surface area (Å²) in [5.74, 6) is -0.519. The van der Waals surface area contributed by atoms with Crippen molar-refractivity contribution in [2.75, 3.05) is 36.4 Å². The number of fused-ring (bicyclic) bond motifs is 2. The van der Waals surface area contributed by atoms with Gasteiger partial charge in [-0.05, 0) is 71.8 Å². The van der Waals surface area contributed by atoms with Gasteiger partial charge in [-0.15, -0.1) is 0 Å². The van der Waals surface area contributed by atoms with E-state index in [-0.39, 0.29) is 17.7 Å². The van der Waals surface area contributed by atoms with Gasteiger partial charge in [0, 0.05) is 48.3 Å². The maximum atomic E-state index is 13.7. The highest BCUT2D eigenvalue weighted by molar-refractivity contribution is 6.08. The van der Waals surface area contributed by atoms with Crippen molar-refractivity contribution in [2.45, 2.75) is 6.04 Å². The van der Waals surface area contributed by atoms with E-state index < -0.39 is 0 Å². The normalized spacial score (nSPS) is 14.1. The van der Waals surface area contributed by atoms with E-state index in [4.69, 9.17) is 4.98 Å². The summed E-state index contributed by atoms with van der Waals surface area (Å²) in [5.41, 5.74) is 7.19. The first kappa shape index (κ1) is 26.1. The number of pyridine rings is 1. The first-order chi connectivity index (χ1) is 20.6. The second kappa shape index (κ2) is 11.2. The van der Waals surface area contributed by atoms with Crippen LogP contribution in [-0.4, -0.2) is 36.1 Å². The van der Waals surface area contributed by atoms with Gasteiger partial charge in [0.2, 0.25) is 0 Å². The topological polar surface area (TPSA) is 31.4 Å². The molecule has 1 aliphatic rings. The molecule has 0 saturated carbocycles. The Balaban J connectivity index is 1.09. The molecule has 4 nitrogen and oxygen atoms in total. The number of nitrogens with zero attached hydrogens (tertiary/aromatic N) is 3. The second-order valence-electron chi connectivity index (χ2n) is 10.7. The molecule has 6 heteroatoms. The highest BCUT2D eigenvalue weighted by atomic mass is 19.1. The minimum atomic E-state index is -0.260. The van der Waals surface area contributed by atoms with Crippen LogP contribution in [0.4, 0.5) is 25.8 Å². The lowest BCUT2D eigenvalue weighted by Crippen LogP contribution is -2.48. The van der Waals surface area contributed by atoms with Gasteiger partial charge in [0.05, 0.1) is 22.8 Å². The van der Waals surface area contributed by atoms with Crippen LogP contribution in [0.2, 0.25) is 0 Å². The predicted molar refractivity (Wildman–Crippen MR) is 167 cm³/mol.